The van der Waals surface area contributed by atoms with Crippen molar-refractivity contribution in [1.29, 1.82) is 0 Å². The van der Waals surface area contributed by atoms with Crippen LogP contribution in [0.1, 0.15) is 5.56 Å². The van der Waals surface area contributed by atoms with E-state index >= 15 is 4.39 Å². The molecule has 0 aliphatic rings. The van der Waals surface area contributed by atoms with E-state index in [9.17, 15) is 0 Å². The molecule has 0 aliphatic heterocycles. The molecule has 2 aromatic heterocycles. The fourth-order valence-corrected chi connectivity index (χ4v) is 4.19. The Hall–Kier alpha value is -3.69. The predicted molar refractivity (Wildman–Crippen MR) is 127 cm³/mol. The number of imidazole rings is 1. The molecule has 0 saturated heterocycles. The smallest absolute Gasteiger partial charge is 0.223 e. The molecule has 5 rings (SSSR count). The summed E-state index contributed by atoms with van der Waals surface area (Å²) in [6.45, 7) is 0.196. The summed E-state index contributed by atoms with van der Waals surface area (Å²) in [7, 11) is 1.65. The molecule has 0 aliphatic carbocycles. The normalized spacial score (nSPS) is 11.3. The number of nitrogens with zero attached hydrogens (tertiary/aromatic N) is 6. The standard InChI is InChI=1S/C22H17Cl2FN8/c1-32-30-21(29-31-32)20-15(9-14(23)10-16(20)24)12-6-7-13(17(25)8-12)11-27-22-28-18-4-2-3-5-19(18)33(22)26/h2-10H,11,26H2,1H3,(H,27,28). The second-order valence-electron chi connectivity index (χ2n) is 7.37. The highest BCUT2D eigenvalue weighted by atomic mass is 35.5. The maximum Gasteiger partial charge on any atom is 0.223 e. The van der Waals surface area contributed by atoms with E-state index in [0.29, 0.717) is 44.1 Å². The fourth-order valence-electron chi connectivity index (χ4n) is 3.61. The fraction of sp³-hybridized carbons (Fsp3) is 0.0909. The molecule has 8 nitrogen and oxygen atoms in total. The Morgan fingerprint density at radius 1 is 1.09 bits per heavy atom. The van der Waals surface area contributed by atoms with E-state index in [1.54, 1.807) is 31.3 Å². The molecule has 0 saturated carbocycles. The summed E-state index contributed by atoms with van der Waals surface area (Å²) in [6.07, 6.45) is 0. The molecule has 33 heavy (non-hydrogen) atoms. The molecule has 5 aromatic rings. The number of nitrogens with two attached hydrogens (primary N) is 1. The van der Waals surface area contributed by atoms with Gasteiger partial charge in [0.25, 0.3) is 0 Å². The summed E-state index contributed by atoms with van der Waals surface area (Å²) in [4.78, 5) is 5.77. The SMILES string of the molecule is Cn1nnc(-c2c(Cl)cc(Cl)cc2-c2ccc(CNc3nc4ccccc4n3N)c(F)c2)n1. The third kappa shape index (κ3) is 3.96. The van der Waals surface area contributed by atoms with Crippen molar-refractivity contribution in [1.82, 2.24) is 29.9 Å². The van der Waals surface area contributed by atoms with Crippen LogP contribution in [0, 0.1) is 5.82 Å². The van der Waals surface area contributed by atoms with Crippen LogP contribution in [0.15, 0.2) is 54.6 Å². The minimum absolute atomic E-state index is 0.196. The van der Waals surface area contributed by atoms with Crippen LogP contribution in [0.3, 0.4) is 0 Å². The van der Waals surface area contributed by atoms with Gasteiger partial charge in [0.05, 0.1) is 23.1 Å². The summed E-state index contributed by atoms with van der Waals surface area (Å²) >= 11 is 12.7. The van der Waals surface area contributed by atoms with Crippen LogP contribution in [0.25, 0.3) is 33.5 Å². The zero-order valence-corrected chi connectivity index (χ0v) is 18.8. The second-order valence-corrected chi connectivity index (χ2v) is 8.21. The number of aryl methyl sites for hydroxylation is 1. The van der Waals surface area contributed by atoms with Gasteiger partial charge in [-0.3, -0.25) is 0 Å². The van der Waals surface area contributed by atoms with Gasteiger partial charge in [-0.05, 0) is 46.7 Å². The van der Waals surface area contributed by atoms with Gasteiger partial charge in [0, 0.05) is 22.7 Å². The van der Waals surface area contributed by atoms with Crippen molar-refractivity contribution >= 4 is 40.2 Å². The average Bonchev–Trinajstić information content (AvgIpc) is 3.35. The van der Waals surface area contributed by atoms with E-state index in [-0.39, 0.29) is 6.54 Å². The summed E-state index contributed by atoms with van der Waals surface area (Å²) in [5.74, 6) is 6.45. The lowest BCUT2D eigenvalue weighted by Crippen LogP contribution is -2.14. The van der Waals surface area contributed by atoms with Crippen LogP contribution in [-0.4, -0.2) is 29.9 Å². The van der Waals surface area contributed by atoms with E-state index in [4.69, 9.17) is 29.0 Å². The lowest BCUT2D eigenvalue weighted by molar-refractivity contribution is 0.613. The molecule has 3 aromatic carbocycles. The van der Waals surface area contributed by atoms with Gasteiger partial charge in [0.2, 0.25) is 11.8 Å². The molecule has 0 bridgehead atoms. The summed E-state index contributed by atoms with van der Waals surface area (Å²) in [6, 6.07) is 15.7. The van der Waals surface area contributed by atoms with E-state index in [1.807, 2.05) is 24.3 Å². The Morgan fingerprint density at radius 2 is 1.91 bits per heavy atom. The number of aromatic nitrogens is 6. The first-order chi connectivity index (χ1) is 15.9. The molecule has 0 radical (unpaired) electrons. The minimum atomic E-state index is -0.408. The van der Waals surface area contributed by atoms with Gasteiger partial charge in [0.15, 0.2) is 0 Å². The summed E-state index contributed by atoms with van der Waals surface area (Å²) in [5, 5.41) is 16.0. The Labute approximate surface area is 197 Å². The number of halogens is 3. The predicted octanol–water partition coefficient (Wildman–Crippen LogP) is 4.67. The first kappa shape index (κ1) is 21.2. The Kier molecular flexibility index (Phi) is 5.35. The first-order valence-corrected chi connectivity index (χ1v) is 10.6. The number of benzene rings is 3. The van der Waals surface area contributed by atoms with Crippen LogP contribution in [0.2, 0.25) is 10.0 Å². The van der Waals surface area contributed by atoms with Crippen LogP contribution in [0.5, 0.6) is 0 Å². The lowest BCUT2D eigenvalue weighted by atomic mass is 9.97. The van der Waals surface area contributed by atoms with Gasteiger partial charge in [0.1, 0.15) is 5.82 Å². The van der Waals surface area contributed by atoms with E-state index in [2.05, 4.69) is 25.7 Å². The van der Waals surface area contributed by atoms with Crippen molar-refractivity contribution in [3.05, 3.63) is 76.0 Å². The molecule has 0 atom stereocenters. The molecule has 0 spiro atoms. The van der Waals surface area contributed by atoms with Gasteiger partial charge in [-0.2, -0.15) is 4.80 Å². The minimum Gasteiger partial charge on any atom is -0.350 e. The summed E-state index contributed by atoms with van der Waals surface area (Å²) < 4.78 is 16.5. The molecule has 166 valence electrons. The van der Waals surface area contributed by atoms with E-state index in [0.717, 1.165) is 11.0 Å². The number of para-hydroxylation sites is 2. The van der Waals surface area contributed by atoms with E-state index < -0.39 is 5.82 Å². The molecule has 0 unspecified atom stereocenters. The van der Waals surface area contributed by atoms with Crippen LogP contribution in [-0.2, 0) is 13.6 Å². The van der Waals surface area contributed by atoms with Gasteiger partial charge in [-0.15, -0.1) is 10.2 Å². The third-order valence-corrected chi connectivity index (χ3v) is 5.70. The van der Waals surface area contributed by atoms with Crippen molar-refractivity contribution in [3.63, 3.8) is 0 Å². The maximum atomic E-state index is 15.1. The lowest BCUT2D eigenvalue weighted by Gasteiger charge is -2.12. The molecule has 0 fully saturated rings. The highest BCUT2D eigenvalue weighted by Gasteiger charge is 2.18. The Morgan fingerprint density at radius 3 is 2.64 bits per heavy atom. The molecule has 11 heteroatoms. The van der Waals surface area contributed by atoms with Crippen molar-refractivity contribution in [2.24, 2.45) is 7.05 Å². The third-order valence-electron chi connectivity index (χ3n) is 5.18. The quantitative estimate of drug-likeness (QED) is 0.353. The zero-order chi connectivity index (χ0) is 23.1. The number of hydrogen-bond donors (Lipinski definition) is 2. The number of rotatable bonds is 5. The topological polar surface area (TPSA) is 99.5 Å². The van der Waals surface area contributed by atoms with Crippen LogP contribution >= 0.6 is 23.2 Å². The monoisotopic (exact) mass is 482 g/mol. The van der Waals surface area contributed by atoms with Crippen molar-refractivity contribution < 1.29 is 4.39 Å². The number of tetrazole rings is 1. The number of nitrogen functional groups attached to an aromatic ring is 1. The van der Waals surface area contributed by atoms with Crippen molar-refractivity contribution in [3.8, 4) is 22.5 Å². The Balaban J connectivity index is 1.46. The number of anilines is 1. The molecule has 0 amide bonds. The first-order valence-electron chi connectivity index (χ1n) is 9.89. The molecular weight excluding hydrogens is 466 g/mol. The molecular formula is C22H17Cl2FN8. The van der Waals surface area contributed by atoms with Gasteiger partial charge >= 0.3 is 0 Å². The van der Waals surface area contributed by atoms with Crippen LogP contribution in [0.4, 0.5) is 10.3 Å². The Bertz CT molecular complexity index is 1490. The maximum absolute atomic E-state index is 15.1. The van der Waals surface area contributed by atoms with Crippen molar-refractivity contribution in [2.75, 3.05) is 11.2 Å². The molecule has 2 heterocycles. The van der Waals surface area contributed by atoms with E-state index in [1.165, 1.54) is 15.5 Å². The van der Waals surface area contributed by atoms with Gasteiger partial charge in [-0.25, -0.2) is 14.1 Å². The number of hydrogen-bond acceptors (Lipinski definition) is 6. The number of nitrogens with one attached hydrogen (secondary N) is 1. The summed E-state index contributed by atoms with van der Waals surface area (Å²) in [5.41, 5.74) is 3.67. The zero-order valence-electron chi connectivity index (χ0n) is 17.3. The highest BCUT2D eigenvalue weighted by Crippen LogP contribution is 2.38. The molecule has 3 N–H and O–H groups in total. The average molecular weight is 483 g/mol. The van der Waals surface area contributed by atoms with Gasteiger partial charge in [-0.1, -0.05) is 47.5 Å². The largest absolute Gasteiger partial charge is 0.350 e. The number of fused-ring (bicyclic) bond motifs is 1. The van der Waals surface area contributed by atoms with Crippen molar-refractivity contribution in [2.45, 2.75) is 6.54 Å². The van der Waals surface area contributed by atoms with Gasteiger partial charge < -0.3 is 11.2 Å². The highest BCUT2D eigenvalue weighted by molar-refractivity contribution is 6.37. The van der Waals surface area contributed by atoms with Crippen LogP contribution < -0.4 is 11.2 Å². The second kappa shape index (κ2) is 8.34.